The van der Waals surface area contributed by atoms with Crippen molar-refractivity contribution in [1.82, 2.24) is 10.2 Å². The van der Waals surface area contributed by atoms with E-state index in [0.717, 1.165) is 19.6 Å². The molecule has 1 heterocycles. The Hall–Kier alpha value is -1.13. The highest BCUT2D eigenvalue weighted by Gasteiger charge is 2.16. The lowest BCUT2D eigenvalue weighted by atomic mass is 10.1. The highest BCUT2D eigenvalue weighted by atomic mass is 19.1. The number of piperazine rings is 1. The van der Waals surface area contributed by atoms with E-state index in [-0.39, 0.29) is 11.6 Å². The molecule has 4 heteroatoms. The highest BCUT2D eigenvalue weighted by Crippen LogP contribution is 2.20. The normalized spacial score (nSPS) is 22.2. The molecule has 1 aliphatic heterocycles. The number of nitrogens with one attached hydrogen (secondary N) is 1. The van der Waals surface area contributed by atoms with E-state index in [2.05, 4.69) is 17.1 Å². The monoisotopic (exact) mass is 224 g/mol. The lowest BCUT2D eigenvalue weighted by molar-refractivity contribution is 0.197. The summed E-state index contributed by atoms with van der Waals surface area (Å²) in [6.07, 6.45) is 0. The number of benzene rings is 1. The van der Waals surface area contributed by atoms with Gasteiger partial charge in [-0.15, -0.1) is 0 Å². The molecule has 2 rings (SSSR count). The number of phenolic OH excluding ortho intramolecular Hbond substituents is 1. The van der Waals surface area contributed by atoms with Crippen molar-refractivity contribution in [3.05, 3.63) is 29.6 Å². The molecule has 1 aromatic carbocycles. The summed E-state index contributed by atoms with van der Waals surface area (Å²) in [6.45, 7) is 5.53. The lowest BCUT2D eigenvalue weighted by Gasteiger charge is -2.31. The molecular weight excluding hydrogens is 207 g/mol. The molecule has 0 radical (unpaired) electrons. The van der Waals surface area contributed by atoms with Gasteiger partial charge in [0.2, 0.25) is 0 Å². The number of aromatic hydroxyl groups is 1. The van der Waals surface area contributed by atoms with E-state index in [1.807, 2.05) is 0 Å². The van der Waals surface area contributed by atoms with Gasteiger partial charge in [-0.1, -0.05) is 0 Å². The predicted octanol–water partition coefficient (Wildman–Crippen LogP) is 1.32. The molecule has 1 saturated heterocycles. The molecular formula is C12H17FN2O. The van der Waals surface area contributed by atoms with E-state index < -0.39 is 0 Å². The summed E-state index contributed by atoms with van der Waals surface area (Å²) in [5.41, 5.74) is 0.661. The third kappa shape index (κ3) is 2.71. The number of rotatable bonds is 2. The summed E-state index contributed by atoms with van der Waals surface area (Å²) in [4.78, 5) is 2.22. The quantitative estimate of drug-likeness (QED) is 0.795. The van der Waals surface area contributed by atoms with Crippen LogP contribution in [0.4, 0.5) is 4.39 Å². The summed E-state index contributed by atoms with van der Waals surface area (Å²) in [7, 11) is 0. The molecule has 0 bridgehead atoms. The van der Waals surface area contributed by atoms with Crippen molar-refractivity contribution in [2.45, 2.75) is 19.5 Å². The number of halogens is 1. The fourth-order valence-corrected chi connectivity index (χ4v) is 2.08. The summed E-state index contributed by atoms with van der Waals surface area (Å²) in [5.74, 6) is -0.122. The summed E-state index contributed by atoms with van der Waals surface area (Å²) in [6, 6.07) is 4.54. The van der Waals surface area contributed by atoms with Crippen molar-refractivity contribution in [3.8, 4) is 5.75 Å². The van der Waals surface area contributed by atoms with Gasteiger partial charge in [0.25, 0.3) is 0 Å². The first kappa shape index (κ1) is 11.4. The van der Waals surface area contributed by atoms with Crippen LogP contribution in [0.15, 0.2) is 18.2 Å². The minimum atomic E-state index is -0.295. The third-order valence-electron chi connectivity index (χ3n) is 2.89. The Labute approximate surface area is 94.9 Å². The summed E-state index contributed by atoms with van der Waals surface area (Å²) < 4.78 is 13.0. The molecule has 88 valence electrons. The van der Waals surface area contributed by atoms with E-state index in [0.29, 0.717) is 18.2 Å². The predicted molar refractivity (Wildman–Crippen MR) is 60.8 cm³/mol. The van der Waals surface area contributed by atoms with Gasteiger partial charge in [0, 0.05) is 37.8 Å². The fraction of sp³-hybridized carbons (Fsp3) is 0.500. The highest BCUT2D eigenvalue weighted by molar-refractivity contribution is 5.32. The standard InChI is InChI=1S/C12H17FN2O/c1-9-7-15(5-4-14-9)8-10-6-11(13)2-3-12(10)16/h2-3,6,9,14,16H,4-5,7-8H2,1H3. The van der Waals surface area contributed by atoms with Gasteiger partial charge >= 0.3 is 0 Å². The first-order valence-electron chi connectivity index (χ1n) is 5.58. The van der Waals surface area contributed by atoms with Gasteiger partial charge in [0.15, 0.2) is 0 Å². The van der Waals surface area contributed by atoms with Gasteiger partial charge in [0.05, 0.1) is 0 Å². The van der Waals surface area contributed by atoms with E-state index in [9.17, 15) is 9.50 Å². The van der Waals surface area contributed by atoms with E-state index in [1.165, 1.54) is 18.2 Å². The largest absolute Gasteiger partial charge is 0.508 e. The number of nitrogens with zero attached hydrogens (tertiary/aromatic N) is 1. The average Bonchev–Trinajstić information content (AvgIpc) is 2.24. The van der Waals surface area contributed by atoms with Crippen LogP contribution in [-0.4, -0.2) is 35.7 Å². The second-order valence-electron chi connectivity index (χ2n) is 4.36. The first-order chi connectivity index (χ1) is 7.65. The Balaban J connectivity index is 2.05. The van der Waals surface area contributed by atoms with Gasteiger partial charge in [0.1, 0.15) is 11.6 Å². The molecule has 0 aromatic heterocycles. The molecule has 16 heavy (non-hydrogen) atoms. The van der Waals surface area contributed by atoms with Gasteiger partial charge in [-0.3, -0.25) is 4.90 Å². The van der Waals surface area contributed by atoms with Gasteiger partial charge in [-0.2, -0.15) is 0 Å². The van der Waals surface area contributed by atoms with E-state index >= 15 is 0 Å². The molecule has 2 N–H and O–H groups in total. The van der Waals surface area contributed by atoms with Crippen LogP contribution < -0.4 is 5.32 Å². The number of phenols is 1. The molecule has 0 amide bonds. The Morgan fingerprint density at radius 1 is 1.56 bits per heavy atom. The van der Waals surface area contributed by atoms with Crippen molar-refractivity contribution in [2.24, 2.45) is 0 Å². The molecule has 1 unspecified atom stereocenters. The zero-order chi connectivity index (χ0) is 11.5. The lowest BCUT2D eigenvalue weighted by Crippen LogP contribution is -2.48. The molecule has 1 fully saturated rings. The van der Waals surface area contributed by atoms with Gasteiger partial charge in [-0.25, -0.2) is 4.39 Å². The molecule has 1 atom stereocenters. The topological polar surface area (TPSA) is 35.5 Å². The summed E-state index contributed by atoms with van der Waals surface area (Å²) in [5, 5.41) is 13.0. The zero-order valence-corrected chi connectivity index (χ0v) is 9.41. The number of hydrogen-bond acceptors (Lipinski definition) is 3. The van der Waals surface area contributed by atoms with Crippen molar-refractivity contribution in [3.63, 3.8) is 0 Å². The van der Waals surface area contributed by atoms with Crippen molar-refractivity contribution >= 4 is 0 Å². The Morgan fingerprint density at radius 2 is 2.38 bits per heavy atom. The van der Waals surface area contributed by atoms with Crippen LogP contribution in [0, 0.1) is 5.82 Å². The Morgan fingerprint density at radius 3 is 3.12 bits per heavy atom. The smallest absolute Gasteiger partial charge is 0.123 e. The molecule has 0 aliphatic carbocycles. The maximum Gasteiger partial charge on any atom is 0.123 e. The van der Waals surface area contributed by atoms with Crippen LogP contribution in [0.5, 0.6) is 5.75 Å². The van der Waals surface area contributed by atoms with Crippen LogP contribution in [0.25, 0.3) is 0 Å². The minimum absolute atomic E-state index is 0.174. The maximum atomic E-state index is 13.0. The summed E-state index contributed by atoms with van der Waals surface area (Å²) >= 11 is 0. The van der Waals surface area contributed by atoms with E-state index in [1.54, 1.807) is 0 Å². The van der Waals surface area contributed by atoms with Crippen LogP contribution in [0.2, 0.25) is 0 Å². The molecule has 0 spiro atoms. The Bertz CT molecular complexity index is 370. The first-order valence-corrected chi connectivity index (χ1v) is 5.58. The van der Waals surface area contributed by atoms with E-state index in [4.69, 9.17) is 0 Å². The van der Waals surface area contributed by atoms with Crippen molar-refractivity contribution in [1.29, 1.82) is 0 Å². The zero-order valence-electron chi connectivity index (χ0n) is 9.41. The fourth-order valence-electron chi connectivity index (χ4n) is 2.08. The SMILES string of the molecule is CC1CN(Cc2cc(F)ccc2O)CCN1. The van der Waals surface area contributed by atoms with Crippen molar-refractivity contribution < 1.29 is 9.50 Å². The van der Waals surface area contributed by atoms with Gasteiger partial charge in [-0.05, 0) is 25.1 Å². The molecule has 1 aromatic rings. The van der Waals surface area contributed by atoms with Crippen molar-refractivity contribution in [2.75, 3.05) is 19.6 Å². The van der Waals surface area contributed by atoms with Crippen LogP contribution in [-0.2, 0) is 6.54 Å². The maximum absolute atomic E-state index is 13.0. The minimum Gasteiger partial charge on any atom is -0.508 e. The number of hydrogen-bond donors (Lipinski definition) is 2. The third-order valence-corrected chi connectivity index (χ3v) is 2.89. The average molecular weight is 224 g/mol. The molecule has 0 saturated carbocycles. The van der Waals surface area contributed by atoms with Crippen LogP contribution in [0.1, 0.15) is 12.5 Å². The second kappa shape index (κ2) is 4.80. The van der Waals surface area contributed by atoms with Gasteiger partial charge < -0.3 is 10.4 Å². The second-order valence-corrected chi connectivity index (χ2v) is 4.36. The Kier molecular flexibility index (Phi) is 3.41. The van der Waals surface area contributed by atoms with Crippen LogP contribution >= 0.6 is 0 Å². The molecule has 1 aliphatic rings. The molecule has 3 nitrogen and oxygen atoms in total. The van der Waals surface area contributed by atoms with Crippen LogP contribution in [0.3, 0.4) is 0 Å².